The molecule has 0 saturated heterocycles. The van der Waals surface area contributed by atoms with Gasteiger partial charge in [-0.3, -0.25) is 9.59 Å². The molecule has 5 aromatic heterocycles. The maximum absolute atomic E-state index is 10.9. The Balaban J connectivity index is 0.000000166. The van der Waals surface area contributed by atoms with Crippen LogP contribution in [0, 0.1) is 0 Å². The first-order chi connectivity index (χ1) is 15.0. The number of carboxylic acids is 1. The zero-order chi connectivity index (χ0) is 22.0. The fourth-order valence-corrected chi connectivity index (χ4v) is 3.60. The Morgan fingerprint density at radius 2 is 1.55 bits per heavy atom. The summed E-state index contributed by atoms with van der Waals surface area (Å²) in [5.41, 5.74) is 2.40. The number of halogens is 1. The van der Waals surface area contributed by atoms with E-state index in [1.807, 2.05) is 0 Å². The van der Waals surface area contributed by atoms with Crippen LogP contribution in [0.3, 0.4) is 0 Å². The summed E-state index contributed by atoms with van der Waals surface area (Å²) in [5.74, 6) is -0.963. The van der Waals surface area contributed by atoms with Crippen molar-refractivity contribution >= 4 is 52.8 Å². The van der Waals surface area contributed by atoms with E-state index in [1.54, 1.807) is 30.6 Å². The molecule has 31 heavy (non-hydrogen) atoms. The summed E-state index contributed by atoms with van der Waals surface area (Å²) < 4.78 is 2.99. The van der Waals surface area contributed by atoms with Crippen LogP contribution in [0.15, 0.2) is 49.1 Å². The Bertz CT molecular complexity index is 1440. The second kappa shape index (κ2) is 8.42. The highest BCUT2D eigenvalue weighted by Crippen LogP contribution is 2.27. The van der Waals surface area contributed by atoms with Crippen molar-refractivity contribution in [1.29, 1.82) is 0 Å². The number of aromatic carboxylic acids is 1. The molecule has 5 rings (SSSR count). The molecule has 0 atom stereocenters. The molecular weight excluding hydrogens is 444 g/mol. The van der Waals surface area contributed by atoms with E-state index >= 15 is 0 Å². The number of hydrogen-bond donors (Lipinski definition) is 1. The molecule has 0 radical (unpaired) electrons. The van der Waals surface area contributed by atoms with E-state index in [0.29, 0.717) is 45.8 Å². The van der Waals surface area contributed by atoms with E-state index in [1.165, 1.54) is 27.5 Å². The molecule has 1 N–H and O–H groups in total. The van der Waals surface area contributed by atoms with Crippen LogP contribution < -0.4 is 0 Å². The second-order valence-corrected chi connectivity index (χ2v) is 7.47. The number of nitrogens with zero attached hydrogens (tertiary/aromatic N) is 6. The molecule has 0 spiro atoms. The van der Waals surface area contributed by atoms with E-state index in [-0.39, 0.29) is 4.88 Å². The fourth-order valence-electron chi connectivity index (χ4n) is 2.65. The molecule has 5 heterocycles. The Hall–Kier alpha value is -3.96. The summed E-state index contributed by atoms with van der Waals surface area (Å²) in [7, 11) is 0. The molecular formula is C19H11ClN6O4S. The van der Waals surface area contributed by atoms with Gasteiger partial charge in [0.1, 0.15) is 10.0 Å². The number of fused-ring (bicyclic) bond motifs is 2. The third kappa shape index (κ3) is 4.04. The predicted octanol–water partition coefficient (Wildman–Crippen LogP) is 3.16. The summed E-state index contributed by atoms with van der Waals surface area (Å²) in [6.45, 7) is 0. The van der Waals surface area contributed by atoms with Crippen molar-refractivity contribution in [3.05, 3.63) is 70.2 Å². The quantitative estimate of drug-likeness (QED) is 0.323. The highest BCUT2D eigenvalue weighted by Gasteiger charge is 2.11. The Labute approximate surface area is 182 Å². The molecule has 0 fully saturated rings. The summed E-state index contributed by atoms with van der Waals surface area (Å²) in [6, 6.07) is 6.57. The Morgan fingerprint density at radius 3 is 2.13 bits per heavy atom. The molecule has 0 saturated carbocycles. The third-order valence-electron chi connectivity index (χ3n) is 4.08. The van der Waals surface area contributed by atoms with Crippen LogP contribution in [0.25, 0.3) is 21.9 Å². The van der Waals surface area contributed by atoms with Crippen molar-refractivity contribution in [3.63, 3.8) is 0 Å². The lowest BCUT2D eigenvalue weighted by molar-refractivity contribution is 0.0702. The van der Waals surface area contributed by atoms with Crippen LogP contribution in [0.2, 0.25) is 5.15 Å². The van der Waals surface area contributed by atoms with Gasteiger partial charge in [0.05, 0.1) is 34.1 Å². The lowest BCUT2D eigenvalue weighted by Crippen LogP contribution is -1.92. The Morgan fingerprint density at radius 1 is 0.935 bits per heavy atom. The average molecular weight is 455 g/mol. The summed E-state index contributed by atoms with van der Waals surface area (Å²) in [5, 5.41) is 17.1. The van der Waals surface area contributed by atoms with Gasteiger partial charge in [-0.15, -0.1) is 11.3 Å². The number of carbonyl (C=O) groups is 3. The van der Waals surface area contributed by atoms with E-state index in [9.17, 15) is 14.4 Å². The van der Waals surface area contributed by atoms with Crippen molar-refractivity contribution in [3.8, 4) is 10.6 Å². The van der Waals surface area contributed by atoms with Gasteiger partial charge in [-0.25, -0.2) is 23.8 Å². The van der Waals surface area contributed by atoms with Crippen LogP contribution in [-0.4, -0.2) is 52.8 Å². The number of aromatic nitrogens is 6. The predicted molar refractivity (Wildman–Crippen MR) is 112 cm³/mol. The highest BCUT2D eigenvalue weighted by molar-refractivity contribution is 7.17. The van der Waals surface area contributed by atoms with E-state index in [0.717, 1.165) is 16.2 Å². The van der Waals surface area contributed by atoms with Gasteiger partial charge < -0.3 is 5.11 Å². The largest absolute Gasteiger partial charge is 0.477 e. The van der Waals surface area contributed by atoms with Crippen molar-refractivity contribution in [2.45, 2.75) is 0 Å². The number of thiophene rings is 1. The van der Waals surface area contributed by atoms with E-state index in [4.69, 9.17) is 16.7 Å². The highest BCUT2D eigenvalue weighted by atomic mass is 35.5. The van der Waals surface area contributed by atoms with Crippen LogP contribution in [0.5, 0.6) is 0 Å². The normalized spacial score (nSPS) is 10.6. The third-order valence-corrected chi connectivity index (χ3v) is 5.39. The van der Waals surface area contributed by atoms with Crippen LogP contribution in [0.4, 0.5) is 0 Å². The van der Waals surface area contributed by atoms with Gasteiger partial charge in [0.2, 0.25) is 0 Å². The van der Waals surface area contributed by atoms with Gasteiger partial charge in [-0.1, -0.05) is 11.6 Å². The monoisotopic (exact) mass is 454 g/mol. The zero-order valence-corrected chi connectivity index (χ0v) is 17.0. The molecule has 0 bridgehead atoms. The van der Waals surface area contributed by atoms with E-state index < -0.39 is 5.97 Å². The number of aldehydes is 2. The zero-order valence-electron chi connectivity index (χ0n) is 15.4. The first-order valence-corrected chi connectivity index (χ1v) is 9.77. The molecule has 5 aromatic rings. The van der Waals surface area contributed by atoms with Gasteiger partial charge in [-0.2, -0.15) is 10.2 Å². The summed E-state index contributed by atoms with van der Waals surface area (Å²) >= 11 is 6.78. The first kappa shape index (κ1) is 20.3. The first-order valence-electron chi connectivity index (χ1n) is 8.58. The van der Waals surface area contributed by atoms with Gasteiger partial charge in [0, 0.05) is 12.4 Å². The maximum atomic E-state index is 10.9. The topological polar surface area (TPSA) is 132 Å². The van der Waals surface area contributed by atoms with Crippen molar-refractivity contribution < 1.29 is 19.5 Å². The maximum Gasteiger partial charge on any atom is 0.345 e. The molecule has 0 unspecified atom stereocenters. The minimum atomic E-state index is -0.963. The second-order valence-electron chi connectivity index (χ2n) is 6.00. The average Bonchev–Trinajstić information content (AvgIpc) is 3.51. The number of rotatable bonds is 4. The van der Waals surface area contributed by atoms with Crippen LogP contribution in [-0.2, 0) is 0 Å². The molecule has 0 aliphatic heterocycles. The van der Waals surface area contributed by atoms with Gasteiger partial charge >= 0.3 is 5.97 Å². The molecule has 154 valence electrons. The smallest absolute Gasteiger partial charge is 0.345 e. The SMILES string of the molecule is O=Cc1cnn2ccc(-c3ccc(C(=O)O)s3)nc12.O=Cc1cnn2ccc(Cl)nc12. The lowest BCUT2D eigenvalue weighted by Gasteiger charge is -1.98. The van der Waals surface area contributed by atoms with Crippen LogP contribution in [0.1, 0.15) is 30.4 Å². The fraction of sp³-hybridized carbons (Fsp3) is 0. The minimum absolute atomic E-state index is 0.251. The molecule has 12 heteroatoms. The van der Waals surface area contributed by atoms with Gasteiger partial charge in [0.25, 0.3) is 0 Å². The number of hydrogen-bond acceptors (Lipinski definition) is 8. The van der Waals surface area contributed by atoms with E-state index in [2.05, 4.69) is 20.2 Å². The summed E-state index contributed by atoms with van der Waals surface area (Å²) in [6.07, 6.45) is 7.62. The van der Waals surface area contributed by atoms with Crippen LogP contribution >= 0.6 is 22.9 Å². The molecule has 0 aliphatic carbocycles. The number of carboxylic acid groups (broad SMARTS) is 1. The molecule has 0 aliphatic rings. The van der Waals surface area contributed by atoms with Crippen molar-refractivity contribution in [2.24, 2.45) is 0 Å². The van der Waals surface area contributed by atoms with Gasteiger partial charge in [0.15, 0.2) is 23.9 Å². The van der Waals surface area contributed by atoms with Gasteiger partial charge in [-0.05, 0) is 24.3 Å². The Kier molecular flexibility index (Phi) is 5.52. The minimum Gasteiger partial charge on any atom is -0.477 e. The van der Waals surface area contributed by atoms with Crippen molar-refractivity contribution in [1.82, 2.24) is 29.2 Å². The van der Waals surface area contributed by atoms with Crippen molar-refractivity contribution in [2.75, 3.05) is 0 Å². The lowest BCUT2D eigenvalue weighted by atomic mass is 10.3. The molecule has 10 nitrogen and oxygen atoms in total. The number of carbonyl (C=O) groups excluding carboxylic acids is 2. The standard InChI is InChI=1S/C12H7N3O3S.C7H4ClN3O/c16-6-7-5-13-15-4-3-8(14-11(7)15)9-1-2-10(19-9)12(17)18;8-6-1-2-11-7(10-6)5(4-12)3-9-11/h1-6H,(H,17,18);1-4H. The molecule has 0 aromatic carbocycles. The summed E-state index contributed by atoms with van der Waals surface area (Å²) in [4.78, 5) is 41.4. The molecule has 0 amide bonds.